The van der Waals surface area contributed by atoms with E-state index in [2.05, 4.69) is 36.4 Å². The van der Waals surface area contributed by atoms with E-state index in [0.29, 0.717) is 18.1 Å². The molecule has 0 saturated carbocycles. The second kappa shape index (κ2) is 7.50. The van der Waals surface area contributed by atoms with Gasteiger partial charge in [0.15, 0.2) is 0 Å². The standard InChI is InChI=1S/C15H27N3OS/c1-11(2)16-7-15-17-13(10-20-15)8-18-6-5-12(3)14(9-18)19-4/h10-12,14,16H,5-9H2,1-4H3. The lowest BCUT2D eigenvalue weighted by Crippen LogP contribution is -2.43. The van der Waals surface area contributed by atoms with Crippen molar-refractivity contribution in [2.75, 3.05) is 20.2 Å². The summed E-state index contributed by atoms with van der Waals surface area (Å²) in [5.74, 6) is 0.664. The summed E-state index contributed by atoms with van der Waals surface area (Å²) >= 11 is 1.76. The molecule has 0 spiro atoms. The lowest BCUT2D eigenvalue weighted by molar-refractivity contribution is -0.00775. The maximum absolute atomic E-state index is 5.57. The Morgan fingerprint density at radius 3 is 3.05 bits per heavy atom. The van der Waals surface area contributed by atoms with Crippen molar-refractivity contribution in [1.82, 2.24) is 15.2 Å². The van der Waals surface area contributed by atoms with Gasteiger partial charge in [-0.15, -0.1) is 11.3 Å². The van der Waals surface area contributed by atoms with Crippen LogP contribution in [0.5, 0.6) is 0 Å². The van der Waals surface area contributed by atoms with E-state index in [0.717, 1.165) is 26.2 Å². The topological polar surface area (TPSA) is 37.4 Å². The van der Waals surface area contributed by atoms with Gasteiger partial charge in [0.2, 0.25) is 0 Å². The molecule has 4 nitrogen and oxygen atoms in total. The fourth-order valence-electron chi connectivity index (χ4n) is 2.57. The first-order valence-corrected chi connectivity index (χ1v) is 8.38. The Kier molecular flexibility index (Phi) is 5.96. The van der Waals surface area contributed by atoms with Crippen LogP contribution < -0.4 is 5.32 Å². The minimum atomic E-state index is 0.365. The summed E-state index contributed by atoms with van der Waals surface area (Å²) in [6.07, 6.45) is 1.58. The molecule has 1 fully saturated rings. The van der Waals surface area contributed by atoms with Gasteiger partial charge < -0.3 is 10.1 Å². The zero-order valence-electron chi connectivity index (χ0n) is 13.1. The van der Waals surface area contributed by atoms with Crippen molar-refractivity contribution in [1.29, 1.82) is 0 Å². The number of hydrogen-bond donors (Lipinski definition) is 1. The van der Waals surface area contributed by atoms with E-state index in [9.17, 15) is 0 Å². The Balaban J connectivity index is 1.84. The quantitative estimate of drug-likeness (QED) is 0.875. The highest BCUT2D eigenvalue weighted by Crippen LogP contribution is 2.21. The predicted octanol–water partition coefficient (Wildman–Crippen LogP) is 2.50. The highest BCUT2D eigenvalue weighted by Gasteiger charge is 2.26. The number of piperidine rings is 1. The molecule has 2 atom stereocenters. The average molecular weight is 297 g/mol. The number of nitrogens with one attached hydrogen (secondary N) is 1. The van der Waals surface area contributed by atoms with Gasteiger partial charge in [-0.1, -0.05) is 20.8 Å². The van der Waals surface area contributed by atoms with Crippen LogP contribution in [0.1, 0.15) is 37.9 Å². The van der Waals surface area contributed by atoms with Crippen LogP contribution in [0.25, 0.3) is 0 Å². The second-order valence-electron chi connectivity index (χ2n) is 6.04. The number of hydrogen-bond acceptors (Lipinski definition) is 5. The Morgan fingerprint density at radius 1 is 1.55 bits per heavy atom. The molecule has 0 aromatic carbocycles. The molecule has 2 unspecified atom stereocenters. The van der Waals surface area contributed by atoms with Gasteiger partial charge >= 0.3 is 0 Å². The van der Waals surface area contributed by atoms with Crippen LogP contribution >= 0.6 is 11.3 Å². The molecule has 1 aliphatic rings. The highest BCUT2D eigenvalue weighted by atomic mass is 32.1. The molecule has 2 heterocycles. The Hall–Kier alpha value is -0.490. The van der Waals surface area contributed by atoms with Crippen LogP contribution in [0.3, 0.4) is 0 Å². The summed E-state index contributed by atoms with van der Waals surface area (Å²) in [6, 6.07) is 0.508. The largest absolute Gasteiger partial charge is 0.380 e. The predicted molar refractivity (Wildman–Crippen MR) is 83.9 cm³/mol. The van der Waals surface area contributed by atoms with Gasteiger partial charge in [-0.05, 0) is 18.9 Å². The summed E-state index contributed by atoms with van der Waals surface area (Å²) in [5.41, 5.74) is 1.19. The van der Waals surface area contributed by atoms with Gasteiger partial charge in [-0.25, -0.2) is 4.98 Å². The second-order valence-corrected chi connectivity index (χ2v) is 6.99. The molecule has 0 aliphatic carbocycles. The van der Waals surface area contributed by atoms with E-state index >= 15 is 0 Å². The van der Waals surface area contributed by atoms with Crippen molar-refractivity contribution in [2.45, 2.75) is 52.4 Å². The van der Waals surface area contributed by atoms with Gasteiger partial charge in [0.05, 0.1) is 11.8 Å². The molecule has 1 N–H and O–H groups in total. The number of rotatable bonds is 6. The van der Waals surface area contributed by atoms with E-state index < -0.39 is 0 Å². The normalized spacial score (nSPS) is 24.4. The zero-order valence-corrected chi connectivity index (χ0v) is 13.9. The van der Waals surface area contributed by atoms with E-state index in [-0.39, 0.29) is 0 Å². The Bertz CT molecular complexity index is 408. The first-order valence-electron chi connectivity index (χ1n) is 7.50. The van der Waals surface area contributed by atoms with Gasteiger partial charge in [0, 0.05) is 38.2 Å². The number of nitrogens with zero attached hydrogens (tertiary/aromatic N) is 2. The molecule has 0 amide bonds. The van der Waals surface area contributed by atoms with E-state index in [1.54, 1.807) is 11.3 Å². The number of aromatic nitrogens is 1. The first-order chi connectivity index (χ1) is 9.58. The number of ether oxygens (including phenoxy) is 1. The highest BCUT2D eigenvalue weighted by molar-refractivity contribution is 7.09. The van der Waals surface area contributed by atoms with Crippen LogP contribution in [0.4, 0.5) is 0 Å². The maximum Gasteiger partial charge on any atom is 0.107 e. The third kappa shape index (κ3) is 4.52. The smallest absolute Gasteiger partial charge is 0.107 e. The fourth-order valence-corrected chi connectivity index (χ4v) is 3.31. The Labute approximate surface area is 126 Å². The summed E-state index contributed by atoms with van der Waals surface area (Å²) in [5, 5.41) is 6.79. The van der Waals surface area contributed by atoms with Crippen molar-refractivity contribution < 1.29 is 4.74 Å². The third-order valence-corrected chi connectivity index (χ3v) is 4.82. The molecule has 5 heteroatoms. The Morgan fingerprint density at radius 2 is 2.35 bits per heavy atom. The number of methoxy groups -OCH3 is 1. The van der Waals surface area contributed by atoms with Crippen LogP contribution in [0.2, 0.25) is 0 Å². The van der Waals surface area contributed by atoms with Crippen molar-refractivity contribution in [2.24, 2.45) is 5.92 Å². The first kappa shape index (κ1) is 15.9. The van der Waals surface area contributed by atoms with Crippen molar-refractivity contribution in [3.05, 3.63) is 16.1 Å². The minimum Gasteiger partial charge on any atom is -0.380 e. The van der Waals surface area contributed by atoms with Crippen LogP contribution in [-0.4, -0.2) is 42.2 Å². The molecule has 114 valence electrons. The molecule has 1 saturated heterocycles. The summed E-state index contributed by atoms with van der Waals surface area (Å²) in [4.78, 5) is 7.18. The summed E-state index contributed by atoms with van der Waals surface area (Å²) in [7, 11) is 1.82. The van der Waals surface area contributed by atoms with E-state index in [1.807, 2.05) is 7.11 Å². The fraction of sp³-hybridized carbons (Fsp3) is 0.800. The summed E-state index contributed by atoms with van der Waals surface area (Å²) < 4.78 is 5.57. The molecular formula is C15H27N3OS. The zero-order chi connectivity index (χ0) is 14.5. The number of thiazole rings is 1. The molecule has 0 radical (unpaired) electrons. The van der Waals surface area contributed by atoms with Crippen molar-refractivity contribution in [3.8, 4) is 0 Å². The summed E-state index contributed by atoms with van der Waals surface area (Å²) in [6.45, 7) is 10.6. The van der Waals surface area contributed by atoms with Gasteiger partial charge in [-0.3, -0.25) is 4.90 Å². The molecule has 0 bridgehead atoms. The van der Waals surface area contributed by atoms with Crippen molar-refractivity contribution in [3.63, 3.8) is 0 Å². The number of likely N-dealkylation sites (tertiary alicyclic amines) is 1. The lowest BCUT2D eigenvalue weighted by Gasteiger charge is -2.35. The van der Waals surface area contributed by atoms with Gasteiger partial charge in [0.1, 0.15) is 5.01 Å². The molecule has 1 aromatic heterocycles. The molecule has 20 heavy (non-hydrogen) atoms. The molecule has 2 rings (SSSR count). The van der Waals surface area contributed by atoms with Crippen LogP contribution in [-0.2, 0) is 17.8 Å². The van der Waals surface area contributed by atoms with Gasteiger partial charge in [-0.2, -0.15) is 0 Å². The van der Waals surface area contributed by atoms with Crippen LogP contribution in [0.15, 0.2) is 5.38 Å². The minimum absolute atomic E-state index is 0.365. The maximum atomic E-state index is 5.57. The van der Waals surface area contributed by atoms with E-state index in [1.165, 1.54) is 17.1 Å². The van der Waals surface area contributed by atoms with Crippen LogP contribution in [0, 0.1) is 5.92 Å². The van der Waals surface area contributed by atoms with E-state index in [4.69, 9.17) is 9.72 Å². The molecule has 1 aromatic rings. The lowest BCUT2D eigenvalue weighted by atomic mass is 9.96. The average Bonchev–Trinajstić information content (AvgIpc) is 2.86. The SMILES string of the molecule is COC1CN(Cc2csc(CNC(C)C)n2)CCC1C. The molecular weight excluding hydrogens is 270 g/mol. The van der Waals surface area contributed by atoms with Crippen molar-refractivity contribution >= 4 is 11.3 Å². The molecule has 1 aliphatic heterocycles. The monoisotopic (exact) mass is 297 g/mol. The third-order valence-electron chi connectivity index (χ3n) is 3.92. The van der Waals surface area contributed by atoms with Gasteiger partial charge in [0.25, 0.3) is 0 Å².